The van der Waals surface area contributed by atoms with Crippen LogP contribution in [-0.2, 0) is 19.1 Å². The molecule has 38 heavy (non-hydrogen) atoms. The van der Waals surface area contributed by atoms with Crippen LogP contribution in [0.2, 0.25) is 0 Å². The number of unbranched alkanes of at least 4 members (excludes halogenated alkanes) is 3. The molecule has 2 unspecified atom stereocenters. The largest absolute Gasteiger partial charge is 0.507 e. The van der Waals surface area contributed by atoms with Gasteiger partial charge in [-0.3, -0.25) is 14.4 Å². The zero-order chi connectivity index (χ0) is 29.0. The van der Waals surface area contributed by atoms with Crippen molar-refractivity contribution in [1.82, 2.24) is 15.5 Å². The van der Waals surface area contributed by atoms with Crippen molar-refractivity contribution in [3.63, 3.8) is 0 Å². The molecular weight excluding hydrogens is 488 g/mol. The minimum Gasteiger partial charge on any atom is -0.507 e. The number of phenols is 1. The lowest BCUT2D eigenvalue weighted by Gasteiger charge is -2.35. The van der Waals surface area contributed by atoms with Crippen LogP contribution in [0.3, 0.4) is 0 Å². The highest BCUT2D eigenvalue weighted by Crippen LogP contribution is 2.33. The number of carbonyl (C=O) groups excluding carboxylic acids is 4. The molecule has 1 aromatic rings. The molecule has 0 saturated heterocycles. The molecule has 4 amide bonds. The van der Waals surface area contributed by atoms with E-state index in [1.165, 1.54) is 4.90 Å². The number of amides is 4. The van der Waals surface area contributed by atoms with Gasteiger partial charge in [0.2, 0.25) is 17.7 Å². The number of primary amides is 1. The fraction of sp³-hybridized carbons (Fsp3) is 0.643. The third-order valence-electron chi connectivity index (χ3n) is 5.76. The molecular formula is C28H46N4O6. The van der Waals surface area contributed by atoms with Crippen molar-refractivity contribution in [2.75, 3.05) is 6.54 Å². The van der Waals surface area contributed by atoms with Gasteiger partial charge in [0.1, 0.15) is 23.4 Å². The number of nitrogens with zero attached hydrogens (tertiary/aromatic N) is 1. The fourth-order valence-electron chi connectivity index (χ4n) is 3.99. The van der Waals surface area contributed by atoms with E-state index in [9.17, 15) is 24.3 Å². The number of phenolic OH excluding ortho intramolecular Hbond substituents is 1. The molecule has 0 aliphatic rings. The lowest BCUT2D eigenvalue weighted by molar-refractivity contribution is -0.143. The van der Waals surface area contributed by atoms with Gasteiger partial charge in [-0.15, -0.1) is 0 Å². The Hall–Kier alpha value is -3.30. The average Bonchev–Trinajstić information content (AvgIpc) is 2.78. The summed E-state index contributed by atoms with van der Waals surface area (Å²) < 4.78 is 5.34. The Bertz CT molecular complexity index is 957. The second-order valence-electron chi connectivity index (χ2n) is 10.9. The fourth-order valence-corrected chi connectivity index (χ4v) is 3.99. The number of hydrogen-bond donors (Lipinski definition) is 4. The van der Waals surface area contributed by atoms with E-state index in [1.807, 2.05) is 0 Å². The lowest BCUT2D eigenvalue weighted by atomic mass is 9.98. The molecule has 1 aromatic carbocycles. The normalized spacial score (nSPS) is 12.9. The Balaban J connectivity index is 3.57. The molecule has 0 aromatic heterocycles. The summed E-state index contributed by atoms with van der Waals surface area (Å²) in [5.74, 6) is -1.75. The number of ether oxygens (including phenoxy) is 1. The zero-order valence-corrected chi connectivity index (χ0v) is 23.9. The van der Waals surface area contributed by atoms with Crippen LogP contribution < -0.4 is 16.4 Å². The van der Waals surface area contributed by atoms with Crippen molar-refractivity contribution in [3.8, 4) is 5.75 Å². The van der Waals surface area contributed by atoms with Crippen molar-refractivity contribution in [3.05, 3.63) is 29.3 Å². The van der Waals surface area contributed by atoms with Crippen molar-refractivity contribution < 1.29 is 29.0 Å². The summed E-state index contributed by atoms with van der Waals surface area (Å²) >= 11 is 0. The van der Waals surface area contributed by atoms with Crippen LogP contribution in [0.25, 0.3) is 0 Å². The van der Waals surface area contributed by atoms with Crippen molar-refractivity contribution in [1.29, 1.82) is 0 Å². The van der Waals surface area contributed by atoms with Gasteiger partial charge in [0.05, 0.1) is 0 Å². The SMILES string of the molecule is CCCCCCN(C(=O)C(CCC(N)=O)NC(=O)OC(C)(C)C)C(C(=O)NC(C)C)c1cccc(C)c1O. The van der Waals surface area contributed by atoms with Crippen LogP contribution in [0.5, 0.6) is 5.75 Å². The molecule has 0 bridgehead atoms. The number of nitrogens with two attached hydrogens (primary N) is 1. The van der Waals surface area contributed by atoms with Gasteiger partial charge in [0, 0.05) is 24.6 Å². The van der Waals surface area contributed by atoms with E-state index in [-0.39, 0.29) is 36.7 Å². The number of carbonyl (C=O) groups is 4. The van der Waals surface area contributed by atoms with E-state index in [2.05, 4.69) is 17.6 Å². The Morgan fingerprint density at radius 2 is 1.74 bits per heavy atom. The van der Waals surface area contributed by atoms with Gasteiger partial charge in [-0.05, 0) is 59.9 Å². The quantitative estimate of drug-likeness (QED) is 0.266. The molecule has 0 aliphatic carbocycles. The van der Waals surface area contributed by atoms with Crippen molar-refractivity contribution in [2.24, 2.45) is 5.73 Å². The van der Waals surface area contributed by atoms with Crippen LogP contribution in [0.15, 0.2) is 18.2 Å². The number of aromatic hydroxyl groups is 1. The first-order chi connectivity index (χ1) is 17.7. The molecule has 10 heteroatoms. The summed E-state index contributed by atoms with van der Waals surface area (Å²) in [5.41, 5.74) is 5.37. The highest BCUT2D eigenvalue weighted by molar-refractivity contribution is 5.93. The van der Waals surface area contributed by atoms with E-state index in [1.54, 1.807) is 59.7 Å². The molecule has 0 aliphatic heterocycles. The molecule has 214 valence electrons. The van der Waals surface area contributed by atoms with Gasteiger partial charge in [-0.1, -0.05) is 44.4 Å². The zero-order valence-electron chi connectivity index (χ0n) is 23.9. The second kappa shape index (κ2) is 15.2. The number of para-hydroxylation sites is 1. The average molecular weight is 535 g/mol. The monoisotopic (exact) mass is 534 g/mol. The first kappa shape index (κ1) is 32.7. The molecule has 0 spiro atoms. The van der Waals surface area contributed by atoms with E-state index in [0.29, 0.717) is 12.0 Å². The van der Waals surface area contributed by atoms with Crippen LogP contribution in [0.4, 0.5) is 4.79 Å². The van der Waals surface area contributed by atoms with E-state index in [4.69, 9.17) is 10.5 Å². The highest BCUT2D eigenvalue weighted by atomic mass is 16.6. The van der Waals surface area contributed by atoms with Crippen molar-refractivity contribution >= 4 is 23.8 Å². The number of nitrogens with one attached hydrogen (secondary N) is 2. The number of benzene rings is 1. The van der Waals surface area contributed by atoms with E-state index >= 15 is 0 Å². The predicted molar refractivity (Wildman–Crippen MR) is 146 cm³/mol. The summed E-state index contributed by atoms with van der Waals surface area (Å²) in [6.07, 6.45) is 2.29. The Morgan fingerprint density at radius 3 is 2.29 bits per heavy atom. The van der Waals surface area contributed by atoms with Gasteiger partial charge in [-0.25, -0.2) is 4.79 Å². The lowest BCUT2D eigenvalue weighted by Crippen LogP contribution is -2.54. The molecule has 0 fully saturated rings. The van der Waals surface area contributed by atoms with E-state index < -0.39 is 41.5 Å². The number of rotatable bonds is 14. The molecule has 10 nitrogen and oxygen atoms in total. The summed E-state index contributed by atoms with van der Waals surface area (Å²) in [7, 11) is 0. The summed E-state index contributed by atoms with van der Waals surface area (Å²) in [6.45, 7) is 12.7. The van der Waals surface area contributed by atoms with Crippen LogP contribution in [0.1, 0.15) is 97.2 Å². The Morgan fingerprint density at radius 1 is 1.08 bits per heavy atom. The van der Waals surface area contributed by atoms with Crippen molar-refractivity contribution in [2.45, 2.75) is 111 Å². The van der Waals surface area contributed by atoms with E-state index in [0.717, 1.165) is 19.3 Å². The van der Waals surface area contributed by atoms with Crippen LogP contribution in [-0.4, -0.2) is 58.1 Å². The number of alkyl carbamates (subject to hydrolysis) is 1. The molecule has 0 heterocycles. The van der Waals surface area contributed by atoms with Gasteiger partial charge in [0.25, 0.3) is 0 Å². The predicted octanol–water partition coefficient (Wildman–Crippen LogP) is 3.83. The third kappa shape index (κ3) is 11.0. The second-order valence-corrected chi connectivity index (χ2v) is 10.9. The molecule has 0 saturated carbocycles. The standard InChI is InChI=1S/C28H46N4O6/c1-8-9-10-11-17-32(23(25(35)30-18(2)3)20-14-12-13-19(4)24(20)34)26(36)21(15-16-22(29)33)31-27(37)38-28(5,6)7/h12-14,18,21,23,34H,8-11,15-17H2,1-7H3,(H2,29,33)(H,30,35)(H,31,37). The van der Waals surface area contributed by atoms with Gasteiger partial charge in [-0.2, -0.15) is 0 Å². The summed E-state index contributed by atoms with van der Waals surface area (Å²) in [4.78, 5) is 53.2. The maximum Gasteiger partial charge on any atom is 0.408 e. The highest BCUT2D eigenvalue weighted by Gasteiger charge is 2.37. The summed E-state index contributed by atoms with van der Waals surface area (Å²) in [5, 5.41) is 16.3. The molecule has 2 atom stereocenters. The number of hydrogen-bond acceptors (Lipinski definition) is 6. The summed E-state index contributed by atoms with van der Waals surface area (Å²) in [6, 6.07) is 2.47. The number of aryl methyl sites for hydroxylation is 1. The topological polar surface area (TPSA) is 151 Å². The molecule has 5 N–H and O–H groups in total. The smallest absolute Gasteiger partial charge is 0.408 e. The molecule has 1 rings (SSSR count). The first-order valence-corrected chi connectivity index (χ1v) is 13.3. The molecule has 0 radical (unpaired) electrons. The van der Waals surface area contributed by atoms with Gasteiger partial charge < -0.3 is 31.1 Å². The minimum atomic E-state index is -1.18. The van der Waals surface area contributed by atoms with Crippen LogP contribution in [0, 0.1) is 6.92 Å². The minimum absolute atomic E-state index is 0.0722. The third-order valence-corrected chi connectivity index (χ3v) is 5.76. The Labute approximate surface area is 226 Å². The Kier molecular flexibility index (Phi) is 13.1. The van der Waals surface area contributed by atoms with Gasteiger partial charge in [0.15, 0.2) is 0 Å². The first-order valence-electron chi connectivity index (χ1n) is 13.3. The maximum atomic E-state index is 14.1. The van der Waals surface area contributed by atoms with Gasteiger partial charge >= 0.3 is 6.09 Å². The maximum absolute atomic E-state index is 14.1. The van der Waals surface area contributed by atoms with Crippen LogP contribution >= 0.6 is 0 Å².